The van der Waals surface area contributed by atoms with Crippen molar-refractivity contribution in [3.05, 3.63) is 53.9 Å². The van der Waals surface area contributed by atoms with Crippen LogP contribution in [0.15, 0.2) is 36.8 Å². The van der Waals surface area contributed by atoms with Crippen molar-refractivity contribution in [2.75, 3.05) is 13.1 Å². The highest BCUT2D eigenvalue weighted by atomic mass is 19.1. The zero-order chi connectivity index (χ0) is 13.5. The average molecular weight is 261 g/mol. The van der Waals surface area contributed by atoms with Gasteiger partial charge in [0.2, 0.25) is 0 Å². The third kappa shape index (κ3) is 4.48. The molecule has 0 aliphatic carbocycles. The summed E-state index contributed by atoms with van der Waals surface area (Å²) in [5, 5.41) is 3.36. The van der Waals surface area contributed by atoms with Crippen molar-refractivity contribution < 1.29 is 4.39 Å². The van der Waals surface area contributed by atoms with Crippen LogP contribution in [0.3, 0.4) is 0 Å². The summed E-state index contributed by atoms with van der Waals surface area (Å²) in [5.41, 5.74) is 2.17. The van der Waals surface area contributed by atoms with Gasteiger partial charge in [-0.05, 0) is 30.7 Å². The normalized spacial score (nSPS) is 10.8. The topological polar surface area (TPSA) is 29.9 Å². The Morgan fingerprint density at radius 2 is 2.00 bits per heavy atom. The van der Waals surface area contributed by atoms with Crippen LogP contribution >= 0.6 is 0 Å². The van der Waals surface area contributed by atoms with Crippen LogP contribution in [0.2, 0.25) is 0 Å². The molecule has 0 spiro atoms. The van der Waals surface area contributed by atoms with Crippen LogP contribution in [0.1, 0.15) is 24.6 Å². The third-order valence-corrected chi connectivity index (χ3v) is 2.95. The minimum absolute atomic E-state index is 0.197. The predicted molar refractivity (Wildman–Crippen MR) is 74.6 cm³/mol. The summed E-state index contributed by atoms with van der Waals surface area (Å²) in [4.78, 5) is 4.38. The first kappa shape index (κ1) is 13.7. The molecular formula is C15H20FN3. The van der Waals surface area contributed by atoms with Gasteiger partial charge >= 0.3 is 0 Å². The molecule has 1 heterocycles. The van der Waals surface area contributed by atoms with Crippen molar-refractivity contribution >= 4 is 0 Å². The second-order valence-corrected chi connectivity index (χ2v) is 4.66. The number of halogens is 1. The van der Waals surface area contributed by atoms with Gasteiger partial charge in [0.25, 0.3) is 0 Å². The second kappa shape index (κ2) is 7.04. The molecule has 0 aliphatic heterocycles. The van der Waals surface area contributed by atoms with Crippen LogP contribution < -0.4 is 5.32 Å². The number of hydrogen-bond acceptors (Lipinski definition) is 2. The smallest absolute Gasteiger partial charge is 0.123 e. The zero-order valence-electron chi connectivity index (χ0n) is 11.3. The van der Waals surface area contributed by atoms with Crippen molar-refractivity contribution in [2.24, 2.45) is 0 Å². The van der Waals surface area contributed by atoms with Gasteiger partial charge in [-0.1, -0.05) is 19.1 Å². The van der Waals surface area contributed by atoms with E-state index < -0.39 is 0 Å². The lowest BCUT2D eigenvalue weighted by molar-refractivity contribution is 0.626. The van der Waals surface area contributed by atoms with Crippen molar-refractivity contribution in [2.45, 2.75) is 26.3 Å². The monoisotopic (exact) mass is 261 g/mol. The number of benzene rings is 1. The van der Waals surface area contributed by atoms with E-state index >= 15 is 0 Å². The van der Waals surface area contributed by atoms with Gasteiger partial charge < -0.3 is 9.88 Å². The Hall–Kier alpha value is -1.68. The van der Waals surface area contributed by atoms with Crippen molar-refractivity contribution in [3.8, 4) is 0 Å². The lowest BCUT2D eigenvalue weighted by Crippen LogP contribution is -2.17. The molecule has 0 fully saturated rings. The predicted octanol–water partition coefficient (Wildman–Crippen LogP) is 2.61. The minimum Gasteiger partial charge on any atom is -0.333 e. The van der Waals surface area contributed by atoms with Gasteiger partial charge in [-0.15, -0.1) is 0 Å². The highest BCUT2D eigenvalue weighted by molar-refractivity contribution is 5.16. The minimum atomic E-state index is -0.197. The van der Waals surface area contributed by atoms with E-state index in [1.165, 1.54) is 12.1 Å². The van der Waals surface area contributed by atoms with Gasteiger partial charge in [0.15, 0.2) is 0 Å². The molecule has 0 unspecified atom stereocenters. The van der Waals surface area contributed by atoms with Gasteiger partial charge in [-0.25, -0.2) is 9.37 Å². The molecule has 1 N–H and O–H groups in total. The van der Waals surface area contributed by atoms with Gasteiger partial charge in [0.1, 0.15) is 5.82 Å². The second-order valence-electron chi connectivity index (χ2n) is 4.66. The average Bonchev–Trinajstić information content (AvgIpc) is 2.85. The maximum Gasteiger partial charge on any atom is 0.123 e. The maximum absolute atomic E-state index is 12.8. The molecule has 0 bridgehead atoms. The highest BCUT2D eigenvalue weighted by Gasteiger charge is 2.00. The maximum atomic E-state index is 12.8. The van der Waals surface area contributed by atoms with E-state index in [2.05, 4.69) is 23.4 Å². The first-order chi connectivity index (χ1) is 9.28. The lowest BCUT2D eigenvalue weighted by atomic mass is 10.2. The number of nitrogens with one attached hydrogen (secondary N) is 1. The zero-order valence-corrected chi connectivity index (χ0v) is 11.3. The molecule has 4 heteroatoms. The standard InChI is InChI=1S/C15H20FN3/c1-2-8-17-9-7-15-11-19(12-18-15)10-13-3-5-14(16)6-4-13/h3-6,11-12,17H,2,7-10H2,1H3. The van der Waals surface area contributed by atoms with Crippen LogP contribution in [0, 0.1) is 5.82 Å². The fraction of sp³-hybridized carbons (Fsp3) is 0.400. The first-order valence-corrected chi connectivity index (χ1v) is 6.73. The molecule has 1 aromatic heterocycles. The molecule has 0 amide bonds. The highest BCUT2D eigenvalue weighted by Crippen LogP contribution is 2.06. The summed E-state index contributed by atoms with van der Waals surface area (Å²) >= 11 is 0. The summed E-state index contributed by atoms with van der Waals surface area (Å²) < 4.78 is 14.8. The number of aromatic nitrogens is 2. The Kier molecular flexibility index (Phi) is 5.10. The summed E-state index contributed by atoms with van der Waals surface area (Å²) in [6, 6.07) is 6.58. The lowest BCUT2D eigenvalue weighted by Gasteiger charge is -2.02. The molecule has 2 aromatic rings. The van der Waals surface area contributed by atoms with E-state index in [0.29, 0.717) is 0 Å². The quantitative estimate of drug-likeness (QED) is 0.776. The van der Waals surface area contributed by atoms with E-state index in [4.69, 9.17) is 0 Å². The van der Waals surface area contributed by atoms with E-state index in [1.807, 2.05) is 10.9 Å². The summed E-state index contributed by atoms with van der Waals surface area (Å²) in [5.74, 6) is -0.197. The van der Waals surface area contributed by atoms with Crippen molar-refractivity contribution in [1.29, 1.82) is 0 Å². The number of imidazole rings is 1. The van der Waals surface area contributed by atoms with Crippen LogP contribution in [0.25, 0.3) is 0 Å². The van der Waals surface area contributed by atoms with Crippen LogP contribution in [0.4, 0.5) is 4.39 Å². The van der Waals surface area contributed by atoms with Crippen LogP contribution in [-0.4, -0.2) is 22.6 Å². The number of hydrogen-bond donors (Lipinski definition) is 1. The first-order valence-electron chi connectivity index (χ1n) is 6.73. The van der Waals surface area contributed by atoms with E-state index in [-0.39, 0.29) is 5.82 Å². The van der Waals surface area contributed by atoms with Gasteiger partial charge in [0, 0.05) is 25.7 Å². The van der Waals surface area contributed by atoms with E-state index in [9.17, 15) is 4.39 Å². The Bertz CT molecular complexity index is 490. The largest absolute Gasteiger partial charge is 0.333 e. The van der Waals surface area contributed by atoms with Crippen molar-refractivity contribution in [1.82, 2.24) is 14.9 Å². The number of rotatable bonds is 7. The Morgan fingerprint density at radius 1 is 1.21 bits per heavy atom. The summed E-state index contributed by atoms with van der Waals surface area (Å²) in [6.07, 6.45) is 5.98. The van der Waals surface area contributed by atoms with Crippen LogP contribution in [-0.2, 0) is 13.0 Å². The molecule has 3 nitrogen and oxygen atoms in total. The molecule has 0 aliphatic rings. The molecule has 0 atom stereocenters. The van der Waals surface area contributed by atoms with Gasteiger partial charge in [-0.2, -0.15) is 0 Å². The fourth-order valence-electron chi connectivity index (χ4n) is 1.94. The molecule has 1 aromatic carbocycles. The Labute approximate surface area is 113 Å². The molecule has 19 heavy (non-hydrogen) atoms. The molecular weight excluding hydrogens is 241 g/mol. The molecule has 0 saturated heterocycles. The SMILES string of the molecule is CCCNCCc1cn(Cc2ccc(F)cc2)cn1. The third-order valence-electron chi connectivity index (χ3n) is 2.95. The summed E-state index contributed by atoms with van der Waals surface area (Å²) in [7, 11) is 0. The fourth-order valence-corrected chi connectivity index (χ4v) is 1.94. The van der Waals surface area contributed by atoms with Crippen molar-refractivity contribution in [3.63, 3.8) is 0 Å². The summed E-state index contributed by atoms with van der Waals surface area (Å²) in [6.45, 7) is 4.90. The van der Waals surface area contributed by atoms with Gasteiger partial charge in [-0.3, -0.25) is 0 Å². The number of nitrogens with zero attached hydrogens (tertiary/aromatic N) is 2. The van der Waals surface area contributed by atoms with E-state index in [1.54, 1.807) is 12.1 Å². The Morgan fingerprint density at radius 3 is 2.74 bits per heavy atom. The van der Waals surface area contributed by atoms with Crippen LogP contribution in [0.5, 0.6) is 0 Å². The van der Waals surface area contributed by atoms with Gasteiger partial charge in [0.05, 0.1) is 12.0 Å². The Balaban J connectivity index is 1.85. The molecule has 2 rings (SSSR count). The molecule has 102 valence electrons. The molecule has 0 saturated carbocycles. The van der Waals surface area contributed by atoms with E-state index in [0.717, 1.165) is 43.7 Å². The molecule has 0 radical (unpaired) electrons.